The van der Waals surface area contributed by atoms with Gasteiger partial charge in [-0.05, 0) is 19.9 Å². The summed E-state index contributed by atoms with van der Waals surface area (Å²) in [7, 11) is 0. The molecule has 1 saturated heterocycles. The molecular weight excluding hydrogens is 266 g/mol. The standard InChI is InChI=1S/C14H23N7/c1-3-5-20-6-8-21(9-7-20)13-11-12(17-10-16-11)18-14(19-13)15-4-2/h10H,3-9H2,1-2H3,(H2,15,16,17,18,19). The molecule has 0 amide bonds. The quantitative estimate of drug-likeness (QED) is 0.865. The molecule has 0 aliphatic carbocycles. The zero-order valence-corrected chi connectivity index (χ0v) is 12.8. The second kappa shape index (κ2) is 6.26. The van der Waals surface area contributed by atoms with Crippen LogP contribution in [0.15, 0.2) is 6.33 Å². The molecule has 2 aromatic rings. The van der Waals surface area contributed by atoms with Crippen molar-refractivity contribution in [3.8, 4) is 0 Å². The van der Waals surface area contributed by atoms with Crippen molar-refractivity contribution >= 4 is 22.9 Å². The summed E-state index contributed by atoms with van der Waals surface area (Å²) in [6, 6.07) is 0. The zero-order chi connectivity index (χ0) is 14.7. The van der Waals surface area contributed by atoms with Gasteiger partial charge in [0.15, 0.2) is 11.5 Å². The number of aromatic amines is 1. The SMILES string of the molecule is CCCN1CCN(c2nc(NCC)nc3nc[nH]c23)CC1. The van der Waals surface area contributed by atoms with E-state index in [0.29, 0.717) is 5.95 Å². The predicted octanol–water partition coefficient (Wildman–Crippen LogP) is 1.32. The molecule has 1 aliphatic heterocycles. The second-order valence-corrected chi connectivity index (χ2v) is 5.33. The number of rotatable bonds is 5. The minimum atomic E-state index is 0.656. The van der Waals surface area contributed by atoms with E-state index in [1.54, 1.807) is 6.33 Å². The van der Waals surface area contributed by atoms with Crippen LogP contribution in [0, 0.1) is 0 Å². The van der Waals surface area contributed by atoms with Gasteiger partial charge in [-0.1, -0.05) is 6.92 Å². The van der Waals surface area contributed by atoms with Crippen molar-refractivity contribution in [1.82, 2.24) is 24.8 Å². The average Bonchev–Trinajstić information content (AvgIpc) is 2.96. The topological polar surface area (TPSA) is 73.0 Å². The van der Waals surface area contributed by atoms with Gasteiger partial charge in [-0.25, -0.2) is 4.98 Å². The maximum absolute atomic E-state index is 4.67. The number of imidazole rings is 1. The second-order valence-electron chi connectivity index (χ2n) is 5.33. The molecule has 21 heavy (non-hydrogen) atoms. The average molecular weight is 289 g/mol. The molecule has 114 valence electrons. The molecular formula is C14H23N7. The van der Waals surface area contributed by atoms with Crippen molar-refractivity contribution in [2.75, 3.05) is 49.5 Å². The largest absolute Gasteiger partial charge is 0.354 e. The maximum atomic E-state index is 4.67. The first kappa shape index (κ1) is 14.1. The summed E-state index contributed by atoms with van der Waals surface area (Å²) in [5, 5.41) is 3.18. The van der Waals surface area contributed by atoms with Gasteiger partial charge in [0, 0.05) is 32.7 Å². The van der Waals surface area contributed by atoms with Crippen LogP contribution in [0.1, 0.15) is 20.3 Å². The number of anilines is 2. The third kappa shape index (κ3) is 2.92. The number of nitrogens with one attached hydrogen (secondary N) is 2. The predicted molar refractivity (Wildman–Crippen MR) is 84.8 cm³/mol. The molecule has 0 radical (unpaired) electrons. The van der Waals surface area contributed by atoms with E-state index in [1.165, 1.54) is 13.0 Å². The van der Waals surface area contributed by atoms with Crippen molar-refractivity contribution in [1.29, 1.82) is 0 Å². The first-order valence-electron chi connectivity index (χ1n) is 7.74. The van der Waals surface area contributed by atoms with Crippen molar-refractivity contribution < 1.29 is 0 Å². The Balaban J connectivity index is 1.84. The number of hydrogen-bond donors (Lipinski definition) is 2. The number of nitrogens with zero attached hydrogens (tertiary/aromatic N) is 5. The molecule has 3 heterocycles. The Morgan fingerprint density at radius 3 is 2.71 bits per heavy atom. The molecule has 2 aromatic heterocycles. The maximum Gasteiger partial charge on any atom is 0.226 e. The highest BCUT2D eigenvalue weighted by Crippen LogP contribution is 2.23. The lowest BCUT2D eigenvalue weighted by molar-refractivity contribution is 0.258. The van der Waals surface area contributed by atoms with Gasteiger partial charge < -0.3 is 15.2 Å². The normalized spacial score (nSPS) is 16.6. The molecule has 1 aliphatic rings. The fraction of sp³-hybridized carbons (Fsp3) is 0.643. The molecule has 2 N–H and O–H groups in total. The fourth-order valence-electron chi connectivity index (χ4n) is 2.78. The lowest BCUT2D eigenvalue weighted by Crippen LogP contribution is -2.47. The van der Waals surface area contributed by atoms with Crippen LogP contribution in [0.25, 0.3) is 11.2 Å². The summed E-state index contributed by atoms with van der Waals surface area (Å²) in [6.07, 6.45) is 2.90. The Kier molecular flexibility index (Phi) is 4.19. The highest BCUT2D eigenvalue weighted by molar-refractivity contribution is 5.84. The number of H-pyrrole nitrogens is 1. The first-order chi connectivity index (χ1) is 10.3. The lowest BCUT2D eigenvalue weighted by atomic mass is 10.3. The molecule has 0 atom stereocenters. The van der Waals surface area contributed by atoms with E-state index in [2.05, 4.69) is 42.0 Å². The number of hydrogen-bond acceptors (Lipinski definition) is 6. The minimum absolute atomic E-state index is 0.656. The number of aromatic nitrogens is 4. The number of piperazine rings is 1. The fourth-order valence-corrected chi connectivity index (χ4v) is 2.78. The van der Waals surface area contributed by atoms with Gasteiger partial charge in [0.2, 0.25) is 5.95 Å². The van der Waals surface area contributed by atoms with Gasteiger partial charge in [-0.15, -0.1) is 0 Å². The van der Waals surface area contributed by atoms with Gasteiger partial charge in [0.05, 0.1) is 6.33 Å². The van der Waals surface area contributed by atoms with Crippen LogP contribution in [0.2, 0.25) is 0 Å². The van der Waals surface area contributed by atoms with Gasteiger partial charge in [-0.2, -0.15) is 9.97 Å². The first-order valence-corrected chi connectivity index (χ1v) is 7.74. The van der Waals surface area contributed by atoms with Crippen molar-refractivity contribution in [2.45, 2.75) is 20.3 Å². The van der Waals surface area contributed by atoms with Crippen LogP contribution in [0.3, 0.4) is 0 Å². The van der Waals surface area contributed by atoms with Crippen LogP contribution in [0.4, 0.5) is 11.8 Å². The molecule has 0 aromatic carbocycles. The van der Waals surface area contributed by atoms with Crippen LogP contribution < -0.4 is 10.2 Å². The lowest BCUT2D eigenvalue weighted by Gasteiger charge is -2.35. The van der Waals surface area contributed by atoms with Gasteiger partial charge in [-0.3, -0.25) is 4.90 Å². The van der Waals surface area contributed by atoms with E-state index in [9.17, 15) is 0 Å². The molecule has 0 spiro atoms. The summed E-state index contributed by atoms with van der Waals surface area (Å²) in [6.45, 7) is 10.4. The Morgan fingerprint density at radius 1 is 1.19 bits per heavy atom. The minimum Gasteiger partial charge on any atom is -0.354 e. The molecule has 0 unspecified atom stereocenters. The van der Waals surface area contributed by atoms with Crippen LogP contribution in [0.5, 0.6) is 0 Å². The summed E-state index contributed by atoms with van der Waals surface area (Å²) < 4.78 is 0. The molecule has 7 heteroatoms. The van der Waals surface area contributed by atoms with E-state index < -0.39 is 0 Å². The summed E-state index contributed by atoms with van der Waals surface area (Å²) >= 11 is 0. The van der Waals surface area contributed by atoms with Gasteiger partial charge in [0.25, 0.3) is 0 Å². The van der Waals surface area contributed by atoms with E-state index in [-0.39, 0.29) is 0 Å². The molecule has 7 nitrogen and oxygen atoms in total. The van der Waals surface area contributed by atoms with Gasteiger partial charge >= 0.3 is 0 Å². The van der Waals surface area contributed by atoms with Crippen molar-refractivity contribution in [3.05, 3.63) is 6.33 Å². The van der Waals surface area contributed by atoms with Crippen molar-refractivity contribution in [2.24, 2.45) is 0 Å². The Hall–Kier alpha value is -1.89. The Labute approximate surface area is 124 Å². The van der Waals surface area contributed by atoms with E-state index in [1.807, 2.05) is 6.92 Å². The number of fused-ring (bicyclic) bond motifs is 1. The van der Waals surface area contributed by atoms with Gasteiger partial charge in [0.1, 0.15) is 5.52 Å². The smallest absolute Gasteiger partial charge is 0.226 e. The monoisotopic (exact) mass is 289 g/mol. The summed E-state index contributed by atoms with van der Waals surface area (Å²) in [5.74, 6) is 1.62. The summed E-state index contributed by atoms with van der Waals surface area (Å²) in [5.41, 5.74) is 1.66. The molecule has 0 bridgehead atoms. The van der Waals surface area contributed by atoms with E-state index in [0.717, 1.165) is 49.7 Å². The molecule has 0 saturated carbocycles. The van der Waals surface area contributed by atoms with Crippen LogP contribution in [-0.2, 0) is 0 Å². The molecule has 3 rings (SSSR count). The Bertz CT molecular complexity index is 586. The summed E-state index contributed by atoms with van der Waals surface area (Å²) in [4.78, 5) is 21.4. The van der Waals surface area contributed by atoms with Crippen molar-refractivity contribution in [3.63, 3.8) is 0 Å². The highest BCUT2D eigenvalue weighted by atomic mass is 15.3. The Morgan fingerprint density at radius 2 is 2.00 bits per heavy atom. The third-order valence-corrected chi connectivity index (χ3v) is 3.81. The third-order valence-electron chi connectivity index (χ3n) is 3.81. The van der Waals surface area contributed by atoms with E-state index >= 15 is 0 Å². The molecule has 1 fully saturated rings. The zero-order valence-electron chi connectivity index (χ0n) is 12.8. The van der Waals surface area contributed by atoms with Crippen LogP contribution in [-0.4, -0.2) is 64.1 Å². The van der Waals surface area contributed by atoms with E-state index in [4.69, 9.17) is 0 Å². The van der Waals surface area contributed by atoms with Crippen LogP contribution >= 0.6 is 0 Å². The highest BCUT2D eigenvalue weighted by Gasteiger charge is 2.21.